The second-order valence-electron chi connectivity index (χ2n) is 7.48. The number of nitrogens with one attached hydrogen (secondary N) is 1. The van der Waals surface area contributed by atoms with Crippen molar-refractivity contribution >= 4 is 39.2 Å². The van der Waals surface area contributed by atoms with Crippen molar-refractivity contribution < 1.29 is 4.74 Å². The number of aromatic nitrogens is 3. The monoisotopic (exact) mass is 490 g/mol. The Balaban J connectivity index is 1.62. The second-order valence-corrected chi connectivity index (χ2v) is 8.84. The van der Waals surface area contributed by atoms with E-state index < -0.39 is 0 Å². The summed E-state index contributed by atoms with van der Waals surface area (Å²) < 4.78 is 9.53. The molecule has 6 rings (SSSR count). The molecule has 0 aliphatic carbocycles. The van der Waals surface area contributed by atoms with Crippen molar-refractivity contribution in [3.63, 3.8) is 0 Å². The van der Waals surface area contributed by atoms with Crippen LogP contribution in [-0.4, -0.2) is 14.8 Å². The molecule has 2 aliphatic heterocycles. The Bertz CT molecular complexity index is 1310. The molecule has 7 heteroatoms. The summed E-state index contributed by atoms with van der Waals surface area (Å²) in [6.45, 7) is 0. The summed E-state index contributed by atoms with van der Waals surface area (Å²) in [6, 6.07) is 24.0. The highest BCUT2D eigenvalue weighted by Gasteiger charge is 2.40. The van der Waals surface area contributed by atoms with Crippen LogP contribution in [0.5, 0.6) is 5.75 Å². The third-order valence-electron chi connectivity index (χ3n) is 5.68. The van der Waals surface area contributed by atoms with Crippen LogP contribution in [0.3, 0.4) is 0 Å². The molecule has 0 radical (unpaired) electrons. The molecule has 5 nitrogen and oxygen atoms in total. The van der Waals surface area contributed by atoms with Gasteiger partial charge in [-0.1, -0.05) is 63.9 Å². The standard InChI is InChI=1S/C24H16BrClN4O/c25-16-9-5-15(6-10-16)23-20-21(18-3-1-2-4-19(18)31-23)29-24-27-13-28-30(24)22(20)14-7-11-17(26)12-8-14/h1-13,22-23H,(H,27,28,29)/t22-,23+/m0/s1. The third-order valence-corrected chi connectivity index (χ3v) is 6.46. The van der Waals surface area contributed by atoms with E-state index in [-0.39, 0.29) is 12.1 Å². The molecule has 0 spiro atoms. The molecule has 152 valence electrons. The fourth-order valence-corrected chi connectivity index (χ4v) is 4.69. The van der Waals surface area contributed by atoms with Crippen LogP contribution in [0.2, 0.25) is 5.02 Å². The van der Waals surface area contributed by atoms with Gasteiger partial charge in [-0.3, -0.25) is 0 Å². The van der Waals surface area contributed by atoms with Crippen molar-refractivity contribution in [2.75, 3.05) is 5.32 Å². The highest BCUT2D eigenvalue weighted by atomic mass is 79.9. The van der Waals surface area contributed by atoms with Crippen LogP contribution in [0.1, 0.15) is 28.8 Å². The van der Waals surface area contributed by atoms with E-state index in [1.54, 1.807) is 6.33 Å². The van der Waals surface area contributed by atoms with E-state index in [1.807, 2.05) is 59.3 Å². The Kier molecular flexibility index (Phi) is 4.37. The maximum absolute atomic E-state index is 6.59. The highest BCUT2D eigenvalue weighted by Crippen LogP contribution is 2.50. The second kappa shape index (κ2) is 7.25. The third kappa shape index (κ3) is 3.06. The van der Waals surface area contributed by atoms with Gasteiger partial charge in [-0.2, -0.15) is 10.1 Å². The molecule has 0 unspecified atom stereocenters. The molecule has 0 saturated carbocycles. The van der Waals surface area contributed by atoms with Gasteiger partial charge in [-0.05, 0) is 47.5 Å². The van der Waals surface area contributed by atoms with E-state index in [9.17, 15) is 0 Å². The lowest BCUT2D eigenvalue weighted by Gasteiger charge is -2.39. The Morgan fingerprint density at radius 2 is 1.68 bits per heavy atom. The Morgan fingerprint density at radius 1 is 0.935 bits per heavy atom. The first-order valence-electron chi connectivity index (χ1n) is 9.86. The Hall–Kier alpha value is -3.09. The average molecular weight is 492 g/mol. The number of anilines is 1. The van der Waals surface area contributed by atoms with Gasteiger partial charge in [0.05, 0.1) is 5.70 Å². The number of para-hydroxylation sites is 1. The van der Waals surface area contributed by atoms with Gasteiger partial charge >= 0.3 is 0 Å². The number of ether oxygens (including phenoxy) is 1. The van der Waals surface area contributed by atoms with Crippen molar-refractivity contribution in [1.29, 1.82) is 0 Å². The van der Waals surface area contributed by atoms with E-state index in [0.717, 1.165) is 38.2 Å². The quantitative estimate of drug-likeness (QED) is 0.360. The molecule has 0 fully saturated rings. The van der Waals surface area contributed by atoms with Gasteiger partial charge in [0, 0.05) is 20.6 Å². The van der Waals surface area contributed by atoms with Crippen LogP contribution >= 0.6 is 27.5 Å². The van der Waals surface area contributed by atoms with Gasteiger partial charge < -0.3 is 10.1 Å². The fourth-order valence-electron chi connectivity index (χ4n) is 4.30. The minimum atomic E-state index is -0.288. The lowest BCUT2D eigenvalue weighted by molar-refractivity contribution is 0.223. The van der Waals surface area contributed by atoms with E-state index in [4.69, 9.17) is 16.3 Å². The van der Waals surface area contributed by atoms with Crippen molar-refractivity contribution in [3.8, 4) is 5.75 Å². The Labute approximate surface area is 192 Å². The minimum absolute atomic E-state index is 0.187. The molecule has 0 saturated heterocycles. The number of halogens is 2. The molecule has 0 bridgehead atoms. The number of benzene rings is 3. The van der Waals surface area contributed by atoms with Gasteiger partial charge in [0.25, 0.3) is 0 Å². The first-order chi connectivity index (χ1) is 15.2. The Morgan fingerprint density at radius 3 is 2.48 bits per heavy atom. The van der Waals surface area contributed by atoms with E-state index in [2.05, 4.69) is 49.5 Å². The summed E-state index contributed by atoms with van der Waals surface area (Å²) >= 11 is 9.72. The molecule has 3 aromatic carbocycles. The van der Waals surface area contributed by atoms with Crippen LogP contribution < -0.4 is 10.1 Å². The minimum Gasteiger partial charge on any atom is -0.480 e. The van der Waals surface area contributed by atoms with Crippen molar-refractivity contribution in [2.24, 2.45) is 0 Å². The maximum Gasteiger partial charge on any atom is 0.226 e. The molecule has 1 N–H and O–H groups in total. The number of hydrogen-bond donors (Lipinski definition) is 1. The summed E-state index contributed by atoms with van der Waals surface area (Å²) in [7, 11) is 0. The van der Waals surface area contributed by atoms with Gasteiger partial charge in [-0.25, -0.2) is 4.68 Å². The first kappa shape index (κ1) is 18.7. The number of hydrogen-bond acceptors (Lipinski definition) is 4. The van der Waals surface area contributed by atoms with Gasteiger partial charge in [0.15, 0.2) is 0 Å². The van der Waals surface area contributed by atoms with Crippen LogP contribution in [0, 0.1) is 0 Å². The zero-order valence-electron chi connectivity index (χ0n) is 16.2. The van der Waals surface area contributed by atoms with Gasteiger partial charge in [-0.15, -0.1) is 0 Å². The molecule has 31 heavy (non-hydrogen) atoms. The summed E-state index contributed by atoms with van der Waals surface area (Å²) in [5.74, 6) is 1.54. The molecule has 4 aromatic rings. The van der Waals surface area contributed by atoms with Crippen molar-refractivity contribution in [1.82, 2.24) is 14.8 Å². The maximum atomic E-state index is 6.59. The zero-order chi connectivity index (χ0) is 20.9. The van der Waals surface area contributed by atoms with Crippen LogP contribution in [0.4, 0.5) is 5.95 Å². The van der Waals surface area contributed by atoms with E-state index in [0.29, 0.717) is 11.0 Å². The zero-order valence-corrected chi connectivity index (χ0v) is 18.5. The summed E-state index contributed by atoms with van der Waals surface area (Å²) in [5.41, 5.74) is 5.24. The number of rotatable bonds is 2. The SMILES string of the molecule is Clc1ccc([C@H]2C3=C(Nc4ncnn42)c2ccccc2O[C@@H]3c2ccc(Br)cc2)cc1. The summed E-state index contributed by atoms with van der Waals surface area (Å²) in [4.78, 5) is 4.46. The predicted molar refractivity (Wildman–Crippen MR) is 124 cm³/mol. The van der Waals surface area contributed by atoms with Crippen LogP contribution in [0.25, 0.3) is 5.70 Å². The van der Waals surface area contributed by atoms with Crippen LogP contribution in [0.15, 0.2) is 89.2 Å². The molecular formula is C24H16BrClN4O. The highest BCUT2D eigenvalue weighted by molar-refractivity contribution is 9.10. The lowest BCUT2D eigenvalue weighted by Crippen LogP contribution is -2.32. The van der Waals surface area contributed by atoms with E-state index in [1.165, 1.54) is 0 Å². The van der Waals surface area contributed by atoms with Crippen LogP contribution in [-0.2, 0) is 0 Å². The fraction of sp³-hybridized carbons (Fsp3) is 0.0833. The largest absolute Gasteiger partial charge is 0.480 e. The first-order valence-corrected chi connectivity index (χ1v) is 11.0. The lowest BCUT2D eigenvalue weighted by atomic mass is 9.84. The van der Waals surface area contributed by atoms with Gasteiger partial charge in [0.2, 0.25) is 5.95 Å². The van der Waals surface area contributed by atoms with Crippen molar-refractivity contribution in [3.05, 3.63) is 111 Å². The molecule has 0 amide bonds. The number of fused-ring (bicyclic) bond motifs is 3. The molecular weight excluding hydrogens is 476 g/mol. The summed E-state index contributed by atoms with van der Waals surface area (Å²) in [5, 5.41) is 8.74. The molecule has 1 aromatic heterocycles. The molecule has 3 heterocycles. The normalized spacial score (nSPS) is 19.0. The van der Waals surface area contributed by atoms with Crippen molar-refractivity contribution in [2.45, 2.75) is 12.1 Å². The van der Waals surface area contributed by atoms with Gasteiger partial charge in [0.1, 0.15) is 24.2 Å². The van der Waals surface area contributed by atoms with E-state index >= 15 is 0 Å². The molecule has 2 aliphatic rings. The number of nitrogens with zero attached hydrogens (tertiary/aromatic N) is 3. The summed E-state index contributed by atoms with van der Waals surface area (Å²) in [6.07, 6.45) is 1.29. The smallest absolute Gasteiger partial charge is 0.226 e. The molecule has 2 atom stereocenters. The average Bonchev–Trinajstić information content (AvgIpc) is 3.27. The topological polar surface area (TPSA) is 52.0 Å². The predicted octanol–water partition coefficient (Wildman–Crippen LogP) is 6.25.